The van der Waals surface area contributed by atoms with Crippen LogP contribution in [0.1, 0.15) is 220 Å². The SMILES string of the molecule is CCCCCCCCCCCCCCCCCC(=O)O[C@]1(O)[C@@H](O)[C@H](O)[C@@H](CO)OC1(O)OC(=O)CC(C)CCCCCCCCCCCCCCC. The molecule has 1 aliphatic heterocycles. The number of aliphatic hydroxyl groups excluding tert-OH is 3. The van der Waals surface area contributed by atoms with Crippen LogP contribution in [0.2, 0.25) is 0 Å². The number of hydrogen-bond acceptors (Lipinski definition) is 10. The van der Waals surface area contributed by atoms with Crippen LogP contribution in [0.25, 0.3) is 0 Å². The smallest absolute Gasteiger partial charge is 0.399 e. The molecule has 0 aromatic heterocycles. The van der Waals surface area contributed by atoms with Gasteiger partial charge in [0.25, 0.3) is 0 Å². The maximum Gasteiger partial charge on any atom is 0.399 e. The molecule has 0 aromatic carbocycles. The predicted octanol–water partition coefficient (Wildman–Crippen LogP) is 9.29. The molecule has 0 saturated carbocycles. The van der Waals surface area contributed by atoms with Crippen molar-refractivity contribution in [3.05, 3.63) is 0 Å². The fraction of sp³-hybridized carbons (Fsp3) is 0.953. The highest BCUT2D eigenvalue weighted by Crippen LogP contribution is 2.39. The van der Waals surface area contributed by atoms with Crippen molar-refractivity contribution in [2.45, 2.75) is 250 Å². The van der Waals surface area contributed by atoms with E-state index in [0.717, 1.165) is 51.4 Å². The molecule has 10 nitrogen and oxygen atoms in total. The van der Waals surface area contributed by atoms with Crippen LogP contribution in [-0.2, 0) is 23.8 Å². The van der Waals surface area contributed by atoms with Crippen molar-refractivity contribution < 1.29 is 49.3 Å². The topological polar surface area (TPSA) is 163 Å². The summed E-state index contributed by atoms with van der Waals surface area (Å²) in [5.74, 6) is -8.64. The van der Waals surface area contributed by atoms with Gasteiger partial charge >= 0.3 is 23.7 Å². The molecule has 0 radical (unpaired) electrons. The zero-order chi connectivity index (χ0) is 39.2. The van der Waals surface area contributed by atoms with Crippen LogP contribution >= 0.6 is 0 Å². The molecule has 53 heavy (non-hydrogen) atoms. The Bertz CT molecular complexity index is 902. The van der Waals surface area contributed by atoms with Gasteiger partial charge in [0.2, 0.25) is 0 Å². The quantitative estimate of drug-likeness (QED) is 0.0239. The van der Waals surface area contributed by atoms with Crippen LogP contribution in [0.15, 0.2) is 0 Å². The van der Waals surface area contributed by atoms with Crippen molar-refractivity contribution in [3.8, 4) is 0 Å². The molecule has 6 atom stereocenters. The Morgan fingerprint density at radius 3 is 1.36 bits per heavy atom. The number of ether oxygens (including phenoxy) is 3. The lowest BCUT2D eigenvalue weighted by molar-refractivity contribution is -0.511. The third kappa shape index (κ3) is 21.5. The summed E-state index contributed by atoms with van der Waals surface area (Å²) in [5, 5.41) is 53.3. The van der Waals surface area contributed by atoms with Crippen molar-refractivity contribution in [3.63, 3.8) is 0 Å². The maximum atomic E-state index is 12.9. The molecule has 0 spiro atoms. The molecule has 0 aliphatic carbocycles. The first-order chi connectivity index (χ1) is 25.5. The predicted molar refractivity (Wildman–Crippen MR) is 210 cm³/mol. The van der Waals surface area contributed by atoms with Crippen LogP contribution in [0, 0.1) is 5.92 Å². The molecule has 1 saturated heterocycles. The van der Waals surface area contributed by atoms with E-state index in [1.54, 1.807) is 0 Å². The number of aliphatic hydroxyl groups is 5. The monoisotopic (exact) mass is 759 g/mol. The molecule has 1 aliphatic rings. The van der Waals surface area contributed by atoms with E-state index in [9.17, 15) is 35.1 Å². The highest BCUT2D eigenvalue weighted by Gasteiger charge is 2.70. The van der Waals surface area contributed by atoms with Crippen LogP contribution in [-0.4, -0.2) is 74.2 Å². The van der Waals surface area contributed by atoms with Crippen LogP contribution in [0.3, 0.4) is 0 Å². The van der Waals surface area contributed by atoms with E-state index in [1.165, 1.54) is 128 Å². The largest absolute Gasteiger partial charge is 0.420 e. The number of carbonyl (C=O) groups is 2. The van der Waals surface area contributed by atoms with Crippen LogP contribution in [0.4, 0.5) is 0 Å². The summed E-state index contributed by atoms with van der Waals surface area (Å²) in [7, 11) is 0. The molecular weight excluding hydrogens is 676 g/mol. The lowest BCUT2D eigenvalue weighted by Gasteiger charge is -2.49. The van der Waals surface area contributed by atoms with Gasteiger partial charge in [0.05, 0.1) is 6.61 Å². The van der Waals surface area contributed by atoms with Gasteiger partial charge in [-0.2, -0.15) is 0 Å². The minimum Gasteiger partial charge on any atom is -0.420 e. The zero-order valence-corrected chi connectivity index (χ0v) is 34.2. The third-order valence-electron chi connectivity index (χ3n) is 10.9. The summed E-state index contributed by atoms with van der Waals surface area (Å²) in [6.07, 6.45) is 28.3. The van der Waals surface area contributed by atoms with Gasteiger partial charge in [-0.25, -0.2) is 0 Å². The summed E-state index contributed by atoms with van der Waals surface area (Å²) >= 11 is 0. The average molecular weight is 759 g/mol. The van der Waals surface area contributed by atoms with E-state index in [1.807, 2.05) is 6.92 Å². The summed E-state index contributed by atoms with van der Waals surface area (Å²) < 4.78 is 15.5. The standard InChI is InChI=1S/C43H82O10/c1-4-6-8-10-12-14-16-18-19-21-23-25-27-29-31-33-38(45)52-42(49)41(48)40(47)37(35-44)51-43(42,50)53-39(46)34-36(3)32-30-28-26-24-22-20-17-15-13-11-9-7-5-2/h36-37,40-41,44,47-50H,4-35H2,1-3H3/t36?,37-,40-,41+,42-,43?/m1/s1. The lowest BCUT2D eigenvalue weighted by Crippen LogP contribution is -2.75. The Kier molecular flexibility index (Phi) is 29.0. The molecule has 0 bridgehead atoms. The molecular formula is C43H82O10. The Morgan fingerprint density at radius 2 is 0.962 bits per heavy atom. The number of rotatable bonds is 35. The van der Waals surface area contributed by atoms with E-state index in [0.29, 0.717) is 6.42 Å². The number of carbonyl (C=O) groups excluding carboxylic acids is 2. The van der Waals surface area contributed by atoms with Gasteiger partial charge in [-0.15, -0.1) is 0 Å². The van der Waals surface area contributed by atoms with E-state index in [4.69, 9.17) is 14.2 Å². The molecule has 5 N–H and O–H groups in total. The Hall–Kier alpha value is -1.30. The second kappa shape index (κ2) is 30.9. The van der Waals surface area contributed by atoms with Gasteiger partial charge in [-0.05, 0) is 12.3 Å². The lowest BCUT2D eigenvalue weighted by atomic mass is 9.93. The van der Waals surface area contributed by atoms with Crippen molar-refractivity contribution >= 4 is 11.9 Å². The van der Waals surface area contributed by atoms with Gasteiger partial charge in [-0.3, -0.25) is 9.59 Å². The van der Waals surface area contributed by atoms with Gasteiger partial charge in [0, 0.05) is 12.8 Å². The van der Waals surface area contributed by atoms with Crippen LogP contribution in [0.5, 0.6) is 0 Å². The van der Waals surface area contributed by atoms with Crippen LogP contribution < -0.4 is 0 Å². The normalized spacial score (nSPS) is 23.6. The maximum absolute atomic E-state index is 12.9. The Balaban J connectivity index is 2.39. The summed E-state index contributed by atoms with van der Waals surface area (Å²) in [6.45, 7) is 5.50. The Labute approximate surface area is 323 Å². The first-order valence-electron chi connectivity index (χ1n) is 22.1. The molecule has 2 unspecified atom stereocenters. The van der Waals surface area contributed by atoms with E-state index < -0.39 is 48.6 Å². The second-order valence-corrected chi connectivity index (χ2v) is 16.0. The van der Waals surface area contributed by atoms with E-state index in [-0.39, 0.29) is 18.8 Å². The highest BCUT2D eigenvalue weighted by atomic mass is 16.9. The molecule has 1 fully saturated rings. The van der Waals surface area contributed by atoms with E-state index in [2.05, 4.69) is 13.8 Å². The summed E-state index contributed by atoms with van der Waals surface area (Å²) in [4.78, 5) is 25.7. The molecule has 10 heteroatoms. The minimum absolute atomic E-state index is 0.104. The number of hydrogen-bond donors (Lipinski definition) is 5. The fourth-order valence-electron chi connectivity index (χ4n) is 7.31. The first kappa shape index (κ1) is 49.7. The summed E-state index contributed by atoms with van der Waals surface area (Å²) in [5.41, 5.74) is 0. The average Bonchev–Trinajstić information content (AvgIpc) is 3.12. The third-order valence-corrected chi connectivity index (χ3v) is 10.9. The minimum atomic E-state index is -3.34. The molecule has 1 rings (SSSR count). The molecule has 1 heterocycles. The van der Waals surface area contributed by atoms with Crippen molar-refractivity contribution in [1.82, 2.24) is 0 Å². The first-order valence-corrected chi connectivity index (χ1v) is 22.1. The molecule has 0 amide bonds. The number of unbranched alkanes of at least 4 members (excludes halogenated alkanes) is 26. The van der Waals surface area contributed by atoms with Gasteiger partial charge in [-0.1, -0.05) is 201 Å². The van der Waals surface area contributed by atoms with Gasteiger partial charge in [0.15, 0.2) is 6.10 Å². The van der Waals surface area contributed by atoms with Crippen molar-refractivity contribution in [1.29, 1.82) is 0 Å². The van der Waals surface area contributed by atoms with Crippen molar-refractivity contribution in [2.24, 2.45) is 5.92 Å². The van der Waals surface area contributed by atoms with Gasteiger partial charge < -0.3 is 39.7 Å². The van der Waals surface area contributed by atoms with E-state index >= 15 is 0 Å². The second-order valence-electron chi connectivity index (χ2n) is 16.0. The highest BCUT2D eigenvalue weighted by molar-refractivity contribution is 5.71. The summed E-state index contributed by atoms with van der Waals surface area (Å²) in [6, 6.07) is 0. The van der Waals surface area contributed by atoms with Gasteiger partial charge in [0.1, 0.15) is 12.2 Å². The zero-order valence-electron chi connectivity index (χ0n) is 34.2. The fourth-order valence-corrected chi connectivity index (χ4v) is 7.31. The molecule has 0 aromatic rings. The Morgan fingerprint density at radius 1 is 0.585 bits per heavy atom. The molecule has 314 valence electrons. The number of esters is 2. The van der Waals surface area contributed by atoms with Crippen molar-refractivity contribution in [2.75, 3.05) is 6.61 Å².